The number of hydrogen-bond donors (Lipinski definition) is 2. The summed E-state index contributed by atoms with van der Waals surface area (Å²) in [5.41, 5.74) is -0.101. The monoisotopic (exact) mass is 336 g/mol. The van der Waals surface area contributed by atoms with Crippen LogP contribution in [0.2, 0.25) is 0 Å². The molecule has 2 N–H and O–H groups in total. The molecule has 0 saturated carbocycles. The fraction of sp³-hybridized carbons (Fsp3) is 0.188. The number of nitrogens with zero attached hydrogens (tertiary/aromatic N) is 1. The molecule has 0 bridgehead atoms. The standard InChI is InChI=1S/C16H14F2N2O4/c17-12-2-1-10(7-13(12)18)9-20(6-4-15(22)23)16(24)11-3-5-19-14(21)8-11/h1-3,5,7-8H,4,6,9H2,(H,19,21)(H,22,23). The van der Waals surface area contributed by atoms with Crippen LogP contribution in [0.25, 0.3) is 0 Å². The molecule has 0 fully saturated rings. The number of H-pyrrole nitrogens is 1. The Labute approximate surface area is 135 Å². The lowest BCUT2D eigenvalue weighted by Crippen LogP contribution is -2.33. The molecule has 126 valence electrons. The Balaban J connectivity index is 2.26. The molecule has 1 heterocycles. The van der Waals surface area contributed by atoms with E-state index in [0.717, 1.165) is 23.1 Å². The first-order valence-corrected chi connectivity index (χ1v) is 7.00. The zero-order valence-corrected chi connectivity index (χ0v) is 12.5. The van der Waals surface area contributed by atoms with Crippen molar-refractivity contribution in [2.45, 2.75) is 13.0 Å². The third kappa shape index (κ3) is 4.48. The first-order valence-electron chi connectivity index (χ1n) is 7.00. The minimum atomic E-state index is -1.11. The van der Waals surface area contributed by atoms with Crippen molar-refractivity contribution in [2.75, 3.05) is 6.54 Å². The van der Waals surface area contributed by atoms with Gasteiger partial charge in [-0.3, -0.25) is 14.4 Å². The van der Waals surface area contributed by atoms with Gasteiger partial charge in [0.05, 0.1) is 6.42 Å². The van der Waals surface area contributed by atoms with Gasteiger partial charge in [-0.2, -0.15) is 0 Å². The van der Waals surface area contributed by atoms with Gasteiger partial charge in [0.25, 0.3) is 5.91 Å². The predicted octanol–water partition coefficient (Wildman–Crippen LogP) is 1.77. The highest BCUT2D eigenvalue weighted by Gasteiger charge is 2.18. The molecular weight excluding hydrogens is 322 g/mol. The molecule has 24 heavy (non-hydrogen) atoms. The van der Waals surface area contributed by atoms with E-state index >= 15 is 0 Å². The van der Waals surface area contributed by atoms with E-state index in [-0.39, 0.29) is 25.1 Å². The number of aromatic amines is 1. The van der Waals surface area contributed by atoms with Crippen LogP contribution in [0.15, 0.2) is 41.3 Å². The minimum Gasteiger partial charge on any atom is -0.481 e. The van der Waals surface area contributed by atoms with Crippen molar-refractivity contribution < 1.29 is 23.5 Å². The average Bonchev–Trinajstić information content (AvgIpc) is 2.54. The number of aromatic nitrogens is 1. The largest absolute Gasteiger partial charge is 0.481 e. The summed E-state index contributed by atoms with van der Waals surface area (Å²) in [6, 6.07) is 5.63. The highest BCUT2D eigenvalue weighted by atomic mass is 19.2. The summed E-state index contributed by atoms with van der Waals surface area (Å²) in [5, 5.41) is 8.80. The van der Waals surface area contributed by atoms with Crippen molar-refractivity contribution in [1.29, 1.82) is 0 Å². The van der Waals surface area contributed by atoms with Gasteiger partial charge in [0.1, 0.15) is 0 Å². The highest BCUT2D eigenvalue weighted by Crippen LogP contribution is 2.13. The Morgan fingerprint density at radius 3 is 2.50 bits per heavy atom. The van der Waals surface area contributed by atoms with Crippen LogP contribution in [-0.2, 0) is 11.3 Å². The molecule has 0 atom stereocenters. The maximum atomic E-state index is 13.3. The number of aliphatic carboxylic acids is 1. The molecule has 8 heteroatoms. The molecule has 2 rings (SSSR count). The lowest BCUT2D eigenvalue weighted by atomic mass is 10.1. The molecule has 1 aromatic carbocycles. The second-order valence-corrected chi connectivity index (χ2v) is 5.06. The van der Waals surface area contributed by atoms with Gasteiger partial charge in [0, 0.05) is 30.9 Å². The van der Waals surface area contributed by atoms with Crippen LogP contribution in [0, 0.1) is 11.6 Å². The topological polar surface area (TPSA) is 90.5 Å². The van der Waals surface area contributed by atoms with Crippen molar-refractivity contribution in [3.63, 3.8) is 0 Å². The molecule has 1 aromatic heterocycles. The number of carbonyl (C=O) groups is 2. The predicted molar refractivity (Wildman–Crippen MR) is 80.4 cm³/mol. The van der Waals surface area contributed by atoms with Crippen molar-refractivity contribution >= 4 is 11.9 Å². The summed E-state index contributed by atoms with van der Waals surface area (Å²) < 4.78 is 26.3. The van der Waals surface area contributed by atoms with Gasteiger partial charge in [-0.05, 0) is 23.8 Å². The van der Waals surface area contributed by atoms with Crippen molar-refractivity contribution in [2.24, 2.45) is 0 Å². The van der Waals surface area contributed by atoms with E-state index < -0.39 is 29.1 Å². The molecule has 0 saturated heterocycles. The number of benzene rings is 1. The van der Waals surface area contributed by atoms with Crippen LogP contribution in [-0.4, -0.2) is 33.4 Å². The maximum Gasteiger partial charge on any atom is 0.305 e. The van der Waals surface area contributed by atoms with Crippen LogP contribution in [0.3, 0.4) is 0 Å². The van der Waals surface area contributed by atoms with Crippen LogP contribution >= 0.6 is 0 Å². The minimum absolute atomic E-state index is 0.0757. The van der Waals surface area contributed by atoms with Crippen molar-refractivity contribution in [3.05, 3.63) is 69.6 Å². The Kier molecular flexibility index (Phi) is 5.41. The average molecular weight is 336 g/mol. The molecular formula is C16H14F2N2O4. The Morgan fingerprint density at radius 1 is 1.12 bits per heavy atom. The number of amides is 1. The molecule has 0 aliphatic rings. The molecule has 0 aliphatic heterocycles. The maximum absolute atomic E-state index is 13.3. The van der Waals surface area contributed by atoms with Crippen molar-refractivity contribution in [3.8, 4) is 0 Å². The summed E-state index contributed by atoms with van der Waals surface area (Å²) in [4.78, 5) is 38.1. The zero-order valence-electron chi connectivity index (χ0n) is 12.5. The normalized spacial score (nSPS) is 10.4. The van der Waals surface area contributed by atoms with Gasteiger partial charge >= 0.3 is 5.97 Å². The van der Waals surface area contributed by atoms with E-state index in [0.29, 0.717) is 5.56 Å². The number of carboxylic acids is 1. The number of carboxylic acid groups (broad SMARTS) is 1. The van der Waals surface area contributed by atoms with Gasteiger partial charge in [0.2, 0.25) is 5.56 Å². The molecule has 0 radical (unpaired) electrons. The van der Waals surface area contributed by atoms with Crippen LogP contribution in [0.4, 0.5) is 8.78 Å². The quantitative estimate of drug-likeness (QED) is 0.841. The lowest BCUT2D eigenvalue weighted by molar-refractivity contribution is -0.137. The number of halogens is 2. The molecule has 1 amide bonds. The zero-order chi connectivity index (χ0) is 17.7. The van der Waals surface area contributed by atoms with E-state index in [4.69, 9.17) is 5.11 Å². The molecule has 6 nitrogen and oxygen atoms in total. The van der Waals surface area contributed by atoms with E-state index in [2.05, 4.69) is 4.98 Å². The van der Waals surface area contributed by atoms with Crippen molar-refractivity contribution in [1.82, 2.24) is 9.88 Å². The van der Waals surface area contributed by atoms with Crippen LogP contribution in [0.5, 0.6) is 0 Å². The van der Waals surface area contributed by atoms with Gasteiger partial charge in [-0.1, -0.05) is 6.07 Å². The van der Waals surface area contributed by atoms with Gasteiger partial charge in [-0.15, -0.1) is 0 Å². The van der Waals surface area contributed by atoms with E-state index in [9.17, 15) is 23.2 Å². The first kappa shape index (κ1) is 17.3. The summed E-state index contributed by atoms with van der Waals surface area (Å²) in [5.74, 6) is -3.76. The smallest absolute Gasteiger partial charge is 0.305 e. The third-order valence-corrected chi connectivity index (χ3v) is 3.26. The second-order valence-electron chi connectivity index (χ2n) is 5.06. The Morgan fingerprint density at radius 2 is 1.88 bits per heavy atom. The molecule has 0 spiro atoms. The molecule has 0 aliphatic carbocycles. The van der Waals surface area contributed by atoms with Gasteiger partial charge in [0.15, 0.2) is 11.6 Å². The number of pyridine rings is 1. The van der Waals surface area contributed by atoms with Crippen LogP contribution in [0.1, 0.15) is 22.3 Å². The third-order valence-electron chi connectivity index (χ3n) is 3.26. The summed E-state index contributed by atoms with van der Waals surface area (Å²) in [6.07, 6.45) is 0.973. The lowest BCUT2D eigenvalue weighted by Gasteiger charge is -2.22. The Hall–Kier alpha value is -3.03. The van der Waals surface area contributed by atoms with Gasteiger partial charge in [-0.25, -0.2) is 8.78 Å². The number of rotatable bonds is 6. The fourth-order valence-electron chi connectivity index (χ4n) is 2.10. The van der Waals surface area contributed by atoms with E-state index in [1.807, 2.05) is 0 Å². The number of hydrogen-bond acceptors (Lipinski definition) is 3. The summed E-state index contributed by atoms with van der Waals surface area (Å²) >= 11 is 0. The first-order chi connectivity index (χ1) is 11.4. The van der Waals surface area contributed by atoms with Crippen LogP contribution < -0.4 is 5.56 Å². The molecule has 2 aromatic rings. The number of nitrogens with one attached hydrogen (secondary N) is 1. The highest BCUT2D eigenvalue weighted by molar-refractivity contribution is 5.94. The SMILES string of the molecule is O=C(O)CCN(Cc1ccc(F)c(F)c1)C(=O)c1cc[nH]c(=O)c1. The second kappa shape index (κ2) is 7.49. The van der Waals surface area contributed by atoms with Gasteiger partial charge < -0.3 is 15.0 Å². The molecule has 0 unspecified atom stereocenters. The fourth-order valence-corrected chi connectivity index (χ4v) is 2.10. The Bertz CT molecular complexity index is 820. The summed E-state index contributed by atoms with van der Waals surface area (Å²) in [6.45, 7) is -0.254. The van der Waals surface area contributed by atoms with E-state index in [1.54, 1.807) is 0 Å². The van der Waals surface area contributed by atoms with E-state index in [1.165, 1.54) is 18.3 Å². The summed E-state index contributed by atoms with van der Waals surface area (Å²) in [7, 11) is 0. The number of carbonyl (C=O) groups excluding carboxylic acids is 1.